The fourth-order valence-corrected chi connectivity index (χ4v) is 3.95. The number of benzene rings is 2. The minimum Gasteiger partial charge on any atom is -0.497 e. The minimum atomic E-state index is -0.627. The molecule has 0 saturated carbocycles. The summed E-state index contributed by atoms with van der Waals surface area (Å²) in [6, 6.07) is 17.7. The number of aromatic nitrogens is 3. The summed E-state index contributed by atoms with van der Waals surface area (Å²) in [5.74, 6) is 1.16. The Kier molecular flexibility index (Phi) is 3.65. The molecule has 3 aliphatic rings. The van der Waals surface area contributed by atoms with Crippen molar-refractivity contribution >= 4 is 0 Å². The Labute approximate surface area is 160 Å². The number of H-pyrrole nitrogens is 1. The molecule has 0 radical (unpaired) electrons. The predicted molar refractivity (Wildman–Crippen MR) is 107 cm³/mol. The molecule has 0 bridgehead atoms. The van der Waals surface area contributed by atoms with Crippen molar-refractivity contribution in [2.24, 2.45) is 0 Å². The second-order valence-corrected chi connectivity index (χ2v) is 6.80. The lowest BCUT2D eigenvalue weighted by molar-refractivity contribution is 0.415. The third kappa shape index (κ3) is 2.45. The van der Waals surface area contributed by atoms with Crippen LogP contribution in [0.15, 0.2) is 64.2 Å². The first-order valence-electron chi connectivity index (χ1n) is 9.06. The first-order chi connectivity index (χ1) is 13.7. The first kappa shape index (κ1) is 16.5. The number of methoxy groups -OCH3 is 1. The van der Waals surface area contributed by atoms with Gasteiger partial charge in [-0.05, 0) is 35.7 Å². The zero-order valence-corrected chi connectivity index (χ0v) is 15.2. The highest BCUT2D eigenvalue weighted by atomic mass is 16.5. The molecule has 5 rings (SSSR count). The van der Waals surface area contributed by atoms with Gasteiger partial charge in [0.1, 0.15) is 5.75 Å². The summed E-state index contributed by atoms with van der Waals surface area (Å²) in [7, 11) is 1.61. The van der Waals surface area contributed by atoms with Crippen LogP contribution in [0.3, 0.4) is 0 Å². The number of aromatic amines is 1. The standard InChI is InChI=1S/C22H17N3O3/c1-28-15-8-6-14(7-9-15)17-12-18-16-5-3-2-4-13(16)10-11-25(18)20-19(17)21(26)24-22(27)23-20/h2-9,12H,10-11H2,1H3,(H,24,26,27). The summed E-state index contributed by atoms with van der Waals surface area (Å²) in [5, 5.41) is 0. The van der Waals surface area contributed by atoms with E-state index >= 15 is 0 Å². The van der Waals surface area contributed by atoms with Crippen LogP contribution in [0.2, 0.25) is 0 Å². The van der Waals surface area contributed by atoms with E-state index in [2.05, 4.69) is 22.1 Å². The fraction of sp³-hybridized carbons (Fsp3) is 0.136. The largest absolute Gasteiger partial charge is 0.497 e. The van der Waals surface area contributed by atoms with Gasteiger partial charge in [0.15, 0.2) is 5.82 Å². The molecule has 0 saturated heterocycles. The molecule has 2 aromatic rings. The molecule has 2 aromatic carbocycles. The van der Waals surface area contributed by atoms with Gasteiger partial charge in [0.2, 0.25) is 0 Å². The van der Waals surface area contributed by atoms with Crippen LogP contribution in [0.25, 0.3) is 33.8 Å². The van der Waals surface area contributed by atoms with E-state index in [0.717, 1.165) is 34.6 Å². The second kappa shape index (κ2) is 6.20. The molecule has 138 valence electrons. The van der Waals surface area contributed by atoms with Crippen molar-refractivity contribution in [3.8, 4) is 39.5 Å². The van der Waals surface area contributed by atoms with E-state index in [9.17, 15) is 9.59 Å². The van der Waals surface area contributed by atoms with Crippen molar-refractivity contribution in [2.75, 3.05) is 7.11 Å². The second-order valence-electron chi connectivity index (χ2n) is 6.80. The quantitative estimate of drug-likeness (QED) is 0.588. The van der Waals surface area contributed by atoms with Gasteiger partial charge in [0.05, 0.1) is 18.4 Å². The molecule has 0 fully saturated rings. The number of ether oxygens (including phenoxy) is 1. The molecule has 0 aliphatic carbocycles. The van der Waals surface area contributed by atoms with Gasteiger partial charge in [-0.15, -0.1) is 0 Å². The van der Waals surface area contributed by atoms with Crippen molar-refractivity contribution < 1.29 is 4.74 Å². The highest BCUT2D eigenvalue weighted by Gasteiger charge is 2.26. The molecule has 0 aromatic heterocycles. The van der Waals surface area contributed by atoms with Gasteiger partial charge < -0.3 is 9.30 Å². The van der Waals surface area contributed by atoms with Crippen LogP contribution in [0.1, 0.15) is 5.56 Å². The lowest BCUT2D eigenvalue weighted by Crippen LogP contribution is -2.29. The van der Waals surface area contributed by atoms with E-state index < -0.39 is 11.2 Å². The maximum Gasteiger partial charge on any atom is 0.349 e. The van der Waals surface area contributed by atoms with Gasteiger partial charge in [0, 0.05) is 17.7 Å². The van der Waals surface area contributed by atoms with E-state index in [1.54, 1.807) is 7.11 Å². The highest BCUT2D eigenvalue weighted by Crippen LogP contribution is 2.38. The molecule has 28 heavy (non-hydrogen) atoms. The van der Waals surface area contributed by atoms with E-state index in [0.29, 0.717) is 17.9 Å². The van der Waals surface area contributed by atoms with E-state index in [1.165, 1.54) is 5.56 Å². The molecule has 6 heteroatoms. The smallest absolute Gasteiger partial charge is 0.349 e. The molecule has 0 atom stereocenters. The normalized spacial score (nSPS) is 12.5. The Morgan fingerprint density at radius 1 is 1.04 bits per heavy atom. The van der Waals surface area contributed by atoms with E-state index in [1.807, 2.05) is 47.0 Å². The zero-order chi connectivity index (χ0) is 19.3. The van der Waals surface area contributed by atoms with Crippen LogP contribution in [-0.4, -0.2) is 21.6 Å². The van der Waals surface area contributed by atoms with Gasteiger partial charge in [-0.25, -0.2) is 4.79 Å². The first-order valence-corrected chi connectivity index (χ1v) is 9.06. The minimum absolute atomic E-state index is 0.421. The maximum absolute atomic E-state index is 12.7. The number of fused-ring (bicyclic) bond motifs is 5. The number of aryl methyl sites for hydroxylation is 1. The third-order valence-corrected chi connectivity index (χ3v) is 5.27. The van der Waals surface area contributed by atoms with E-state index in [-0.39, 0.29) is 0 Å². The number of pyridine rings is 1. The summed E-state index contributed by atoms with van der Waals surface area (Å²) < 4.78 is 7.22. The molecular formula is C22H17N3O3. The summed E-state index contributed by atoms with van der Waals surface area (Å²) in [6.07, 6.45) is 0.827. The van der Waals surface area contributed by atoms with Crippen LogP contribution < -0.4 is 16.0 Å². The molecule has 6 nitrogen and oxygen atoms in total. The average molecular weight is 371 g/mol. The van der Waals surface area contributed by atoms with Crippen LogP contribution in [0, 0.1) is 0 Å². The van der Waals surface area contributed by atoms with Crippen LogP contribution in [0.4, 0.5) is 0 Å². The Bertz CT molecular complexity index is 1290. The summed E-state index contributed by atoms with van der Waals surface area (Å²) in [6.45, 7) is 0.668. The molecule has 0 spiro atoms. The molecule has 0 unspecified atom stereocenters. The van der Waals surface area contributed by atoms with Crippen LogP contribution in [-0.2, 0) is 13.0 Å². The highest BCUT2D eigenvalue weighted by molar-refractivity contribution is 5.86. The summed E-state index contributed by atoms with van der Waals surface area (Å²) >= 11 is 0. The topological polar surface area (TPSA) is 77.0 Å². The monoisotopic (exact) mass is 371 g/mol. The van der Waals surface area contributed by atoms with Gasteiger partial charge >= 0.3 is 5.69 Å². The fourth-order valence-electron chi connectivity index (χ4n) is 3.95. The summed E-state index contributed by atoms with van der Waals surface area (Å²) in [4.78, 5) is 31.2. The van der Waals surface area contributed by atoms with Crippen LogP contribution >= 0.6 is 0 Å². The van der Waals surface area contributed by atoms with Gasteiger partial charge in [-0.3, -0.25) is 9.78 Å². The lowest BCUT2D eigenvalue weighted by atomic mass is 9.92. The zero-order valence-electron chi connectivity index (χ0n) is 15.2. The predicted octanol–water partition coefficient (Wildman–Crippen LogP) is 2.94. The lowest BCUT2D eigenvalue weighted by Gasteiger charge is -2.27. The Morgan fingerprint density at radius 3 is 2.61 bits per heavy atom. The Hall–Kier alpha value is -3.67. The van der Waals surface area contributed by atoms with Crippen molar-refractivity contribution in [3.63, 3.8) is 0 Å². The van der Waals surface area contributed by atoms with Crippen molar-refractivity contribution in [1.82, 2.24) is 14.5 Å². The van der Waals surface area contributed by atoms with Gasteiger partial charge in [-0.2, -0.15) is 4.98 Å². The molecular weight excluding hydrogens is 354 g/mol. The number of nitrogens with zero attached hydrogens (tertiary/aromatic N) is 2. The Morgan fingerprint density at radius 2 is 1.82 bits per heavy atom. The molecule has 3 aliphatic heterocycles. The van der Waals surface area contributed by atoms with Gasteiger partial charge in [0.25, 0.3) is 5.56 Å². The third-order valence-electron chi connectivity index (χ3n) is 5.27. The van der Waals surface area contributed by atoms with Gasteiger partial charge in [-0.1, -0.05) is 36.4 Å². The maximum atomic E-state index is 12.7. The summed E-state index contributed by atoms with van der Waals surface area (Å²) in [5.41, 5.74) is 4.28. The van der Waals surface area contributed by atoms with Crippen LogP contribution in [0.5, 0.6) is 5.75 Å². The number of rotatable bonds is 2. The number of hydrogen-bond donors (Lipinski definition) is 1. The van der Waals surface area contributed by atoms with Crippen molar-refractivity contribution in [3.05, 3.63) is 81.0 Å². The number of hydrogen-bond acceptors (Lipinski definition) is 4. The molecule has 1 N–H and O–H groups in total. The molecule has 0 amide bonds. The van der Waals surface area contributed by atoms with Crippen molar-refractivity contribution in [1.29, 1.82) is 0 Å². The van der Waals surface area contributed by atoms with Crippen molar-refractivity contribution in [2.45, 2.75) is 13.0 Å². The van der Waals surface area contributed by atoms with E-state index in [4.69, 9.17) is 4.74 Å². The number of nitrogens with one attached hydrogen (secondary N) is 1. The SMILES string of the molecule is COc1ccc(-c2cc3n(c4nc(=O)[nH]c(=O)c2-4)CCc2ccccc2-3)cc1. The Balaban J connectivity index is 1.88. The molecule has 3 heterocycles. The average Bonchev–Trinajstić information content (AvgIpc) is 2.72.